The number of imidazole rings is 1. The van der Waals surface area contributed by atoms with Crippen molar-refractivity contribution >= 4 is 32.6 Å². The number of nitrogen functional groups attached to an aromatic ring is 1. The van der Waals surface area contributed by atoms with Crippen LogP contribution >= 0.6 is 15.6 Å². The molecule has 0 radical (unpaired) electrons. The lowest BCUT2D eigenvalue weighted by Crippen LogP contribution is -2.35. The number of phosphoric ester groups is 2. The van der Waals surface area contributed by atoms with Crippen molar-refractivity contribution in [1.29, 1.82) is 0 Å². The zero-order chi connectivity index (χ0) is 24.0. The molecule has 7 atom stereocenters. The number of ether oxygens (including phenoxy) is 2. The zero-order valence-corrected chi connectivity index (χ0v) is 18.4. The molecule has 1 unspecified atom stereocenters. The van der Waals surface area contributed by atoms with Crippen LogP contribution in [0.3, 0.4) is 0 Å². The van der Waals surface area contributed by atoms with E-state index in [2.05, 4.69) is 19.5 Å². The minimum atomic E-state index is -4.97. The number of anilines is 1. The van der Waals surface area contributed by atoms with Crippen molar-refractivity contribution in [2.75, 3.05) is 25.6 Å². The number of nitrogens with zero attached hydrogens (tertiary/aromatic N) is 4. The van der Waals surface area contributed by atoms with E-state index in [4.69, 9.17) is 34.0 Å². The van der Waals surface area contributed by atoms with Crippen LogP contribution in [0.4, 0.5) is 5.82 Å². The molecule has 4 heterocycles. The Hall–Kier alpha value is -1.59. The zero-order valence-electron chi connectivity index (χ0n) is 16.6. The minimum Gasteiger partial charge on any atom is -0.388 e. The number of aliphatic hydroxyl groups is 2. The second-order valence-corrected chi connectivity index (χ2v) is 9.80. The molecule has 0 bridgehead atoms. The van der Waals surface area contributed by atoms with Crippen molar-refractivity contribution in [1.82, 2.24) is 19.5 Å². The molecule has 33 heavy (non-hydrogen) atoms. The number of aromatic nitrogens is 4. The predicted octanol–water partition coefficient (Wildman–Crippen LogP) is -1.96. The Balaban J connectivity index is 1.38. The number of hydrogen-bond donors (Lipinski definition) is 6. The van der Waals surface area contributed by atoms with Crippen molar-refractivity contribution in [3.63, 3.8) is 0 Å². The molecule has 2 aromatic rings. The molecule has 2 saturated heterocycles. The van der Waals surface area contributed by atoms with Gasteiger partial charge in [0.2, 0.25) is 0 Å². The lowest BCUT2D eigenvalue weighted by atomic mass is 10.2. The fourth-order valence-electron chi connectivity index (χ4n) is 3.44. The van der Waals surface area contributed by atoms with Crippen molar-refractivity contribution < 1.29 is 57.1 Å². The molecule has 184 valence electrons. The summed E-state index contributed by atoms with van der Waals surface area (Å²) in [4.78, 5) is 39.8. The molecule has 4 rings (SSSR count). The van der Waals surface area contributed by atoms with E-state index in [0.717, 1.165) is 0 Å². The first-order valence-corrected chi connectivity index (χ1v) is 12.4. The van der Waals surface area contributed by atoms with Gasteiger partial charge in [0, 0.05) is 0 Å². The van der Waals surface area contributed by atoms with Gasteiger partial charge in [-0.15, -0.1) is 0 Å². The van der Waals surface area contributed by atoms with Crippen LogP contribution in [-0.2, 0) is 32.2 Å². The van der Waals surface area contributed by atoms with Gasteiger partial charge < -0.3 is 40.1 Å². The van der Waals surface area contributed by atoms with Crippen LogP contribution in [0.2, 0.25) is 0 Å². The van der Waals surface area contributed by atoms with Gasteiger partial charge in [-0.05, 0) is 0 Å². The molecular formula is C14H21N5O12P2. The van der Waals surface area contributed by atoms with Crippen LogP contribution in [0.1, 0.15) is 6.23 Å². The smallest absolute Gasteiger partial charge is 0.388 e. The van der Waals surface area contributed by atoms with Crippen LogP contribution < -0.4 is 5.73 Å². The second-order valence-electron chi connectivity index (χ2n) is 7.21. The molecule has 2 aliphatic rings. The maximum atomic E-state index is 12.4. The number of hydrogen-bond acceptors (Lipinski definition) is 13. The van der Waals surface area contributed by atoms with E-state index in [-0.39, 0.29) is 30.2 Å². The van der Waals surface area contributed by atoms with Crippen molar-refractivity contribution in [2.45, 2.75) is 36.7 Å². The summed E-state index contributed by atoms with van der Waals surface area (Å²) in [6, 6.07) is 0. The van der Waals surface area contributed by atoms with Crippen LogP contribution in [0, 0.1) is 0 Å². The van der Waals surface area contributed by atoms with Gasteiger partial charge >= 0.3 is 15.6 Å². The van der Waals surface area contributed by atoms with Gasteiger partial charge in [-0.25, -0.2) is 24.1 Å². The summed E-state index contributed by atoms with van der Waals surface area (Å²) in [5.74, 6) is 0.118. The van der Waals surface area contributed by atoms with Gasteiger partial charge in [0.1, 0.15) is 42.4 Å². The Morgan fingerprint density at radius 3 is 2.61 bits per heavy atom. The monoisotopic (exact) mass is 513 g/mol. The van der Waals surface area contributed by atoms with E-state index in [1.165, 1.54) is 17.2 Å². The summed E-state index contributed by atoms with van der Waals surface area (Å²) in [7, 11) is -9.78. The Labute approximate surface area is 184 Å². The highest BCUT2D eigenvalue weighted by atomic mass is 31.2. The number of nitrogens with two attached hydrogens (primary N) is 1. The van der Waals surface area contributed by atoms with Crippen molar-refractivity contribution in [2.24, 2.45) is 0 Å². The lowest BCUT2D eigenvalue weighted by Gasteiger charge is -2.23. The summed E-state index contributed by atoms with van der Waals surface area (Å²) in [6.07, 6.45) is -5.44. The Bertz CT molecular complexity index is 1100. The molecule has 7 N–H and O–H groups in total. The predicted molar refractivity (Wildman–Crippen MR) is 104 cm³/mol. The molecule has 0 aromatic carbocycles. The number of rotatable bonds is 8. The van der Waals surface area contributed by atoms with Gasteiger partial charge in [-0.3, -0.25) is 18.1 Å². The Kier molecular flexibility index (Phi) is 6.85. The summed E-state index contributed by atoms with van der Waals surface area (Å²) in [5.41, 5.74) is 6.28. The lowest BCUT2D eigenvalue weighted by molar-refractivity contribution is -0.0253. The summed E-state index contributed by atoms with van der Waals surface area (Å²) < 4.78 is 49.6. The Morgan fingerprint density at radius 2 is 1.88 bits per heavy atom. The molecule has 2 aliphatic heterocycles. The average Bonchev–Trinajstić information content (AvgIpc) is 3.39. The standard InChI is InChI=1S/C14H21N5O12P2/c15-12-9-13(17-4-16-12)19(5-18-9)14-10(21)7(2-28-14)30-33(25,26)29-3-8-11(6(20)1-27-8)31-32(22,23)24/h4-8,10-11,14,20-21H,1-3H2,(H,25,26)(H2,15,16,17)(H2,22,23,24)/t6-,7+,8+,10+,11-,14+/m0/s1. The third-order valence-electron chi connectivity index (χ3n) is 4.92. The van der Waals surface area contributed by atoms with E-state index >= 15 is 0 Å². The van der Waals surface area contributed by atoms with Gasteiger partial charge in [0.25, 0.3) is 0 Å². The number of fused-ring (bicyclic) bond motifs is 1. The maximum Gasteiger partial charge on any atom is 0.472 e. The fourth-order valence-corrected chi connectivity index (χ4v) is 4.95. The van der Waals surface area contributed by atoms with Crippen LogP contribution in [0.25, 0.3) is 11.2 Å². The topological polar surface area (TPSA) is 251 Å². The molecule has 17 nitrogen and oxygen atoms in total. The first-order valence-electron chi connectivity index (χ1n) is 9.37. The van der Waals surface area contributed by atoms with E-state index in [0.29, 0.717) is 0 Å². The van der Waals surface area contributed by atoms with E-state index in [1.807, 2.05) is 0 Å². The molecule has 2 aromatic heterocycles. The highest BCUT2D eigenvalue weighted by Gasteiger charge is 2.45. The number of aliphatic hydroxyl groups excluding tert-OH is 2. The largest absolute Gasteiger partial charge is 0.472 e. The van der Waals surface area contributed by atoms with E-state index in [9.17, 15) is 24.2 Å². The van der Waals surface area contributed by atoms with Crippen molar-refractivity contribution in [3.05, 3.63) is 12.7 Å². The Morgan fingerprint density at radius 1 is 1.12 bits per heavy atom. The second kappa shape index (κ2) is 9.22. The quantitative estimate of drug-likeness (QED) is 0.210. The SMILES string of the molecule is Nc1ncnc2c1ncn2[C@@H]1OC[C@@H](OP(=O)(O)OC[C@H]2OC[C@H](O)[C@@H]2OP(=O)(O)O)[C@H]1O. The number of phosphoric acid groups is 2. The molecular weight excluding hydrogens is 492 g/mol. The summed E-state index contributed by atoms with van der Waals surface area (Å²) in [6.45, 7) is -1.33. The third kappa shape index (κ3) is 5.40. The highest BCUT2D eigenvalue weighted by molar-refractivity contribution is 7.47. The maximum absolute atomic E-state index is 12.4. The molecule has 19 heteroatoms. The fraction of sp³-hybridized carbons (Fsp3) is 0.643. The average molecular weight is 513 g/mol. The molecule has 0 spiro atoms. The summed E-state index contributed by atoms with van der Waals surface area (Å²) >= 11 is 0. The third-order valence-corrected chi connectivity index (χ3v) is 6.45. The summed E-state index contributed by atoms with van der Waals surface area (Å²) in [5, 5.41) is 20.3. The van der Waals surface area contributed by atoms with Crippen LogP contribution in [0.5, 0.6) is 0 Å². The van der Waals surface area contributed by atoms with Crippen LogP contribution in [-0.4, -0.2) is 94.8 Å². The molecule has 0 aliphatic carbocycles. The highest BCUT2D eigenvalue weighted by Crippen LogP contribution is 2.48. The van der Waals surface area contributed by atoms with Gasteiger partial charge in [0.15, 0.2) is 17.7 Å². The normalized spacial score (nSPS) is 32.4. The minimum absolute atomic E-state index is 0.118. The van der Waals surface area contributed by atoms with E-state index < -0.39 is 59.0 Å². The van der Waals surface area contributed by atoms with Gasteiger partial charge in [-0.1, -0.05) is 0 Å². The van der Waals surface area contributed by atoms with Gasteiger partial charge in [0.05, 0.1) is 26.1 Å². The van der Waals surface area contributed by atoms with Crippen LogP contribution in [0.15, 0.2) is 12.7 Å². The molecule has 2 fully saturated rings. The first-order chi connectivity index (χ1) is 15.5. The van der Waals surface area contributed by atoms with E-state index in [1.54, 1.807) is 0 Å². The molecule has 0 amide bonds. The van der Waals surface area contributed by atoms with Gasteiger partial charge in [-0.2, -0.15) is 0 Å². The van der Waals surface area contributed by atoms with Crippen molar-refractivity contribution in [3.8, 4) is 0 Å². The molecule has 0 saturated carbocycles. The first kappa shape index (κ1) is 24.5.